The van der Waals surface area contributed by atoms with E-state index in [0.717, 1.165) is 51.4 Å². The first-order valence-corrected chi connectivity index (χ1v) is 8.34. The van der Waals surface area contributed by atoms with Crippen molar-refractivity contribution in [3.63, 3.8) is 0 Å². The monoisotopic (exact) mass is 284 g/mol. The van der Waals surface area contributed by atoms with E-state index in [1.165, 1.54) is 0 Å². The van der Waals surface area contributed by atoms with Gasteiger partial charge >= 0.3 is 7.82 Å². The average molecular weight is 284 g/mol. The zero-order chi connectivity index (χ0) is 13.7. The van der Waals surface area contributed by atoms with Crippen LogP contribution in [0.5, 0.6) is 0 Å². The molecule has 4 nitrogen and oxygen atoms in total. The molecule has 0 aliphatic heterocycles. The summed E-state index contributed by atoms with van der Waals surface area (Å²) in [6.07, 6.45) is 7.79. The Morgan fingerprint density at radius 1 is 0.833 bits per heavy atom. The fourth-order valence-corrected chi connectivity index (χ4v) is 2.35. The van der Waals surface area contributed by atoms with Crippen LogP contribution in [0.25, 0.3) is 0 Å². The van der Waals surface area contributed by atoms with Gasteiger partial charge in [-0.05, 0) is 17.4 Å². The Morgan fingerprint density at radius 3 is 1.61 bits per heavy atom. The molecule has 0 aromatic heterocycles. The smallest absolute Gasteiger partial charge is 0.285 e. The van der Waals surface area contributed by atoms with E-state index >= 15 is 0 Å². The summed E-state index contributed by atoms with van der Waals surface area (Å²) in [5, 5.41) is 0. The van der Waals surface area contributed by atoms with Gasteiger partial charge in [0.2, 0.25) is 0 Å². The van der Waals surface area contributed by atoms with E-state index in [1.54, 1.807) is 0 Å². The Bertz CT molecular complexity index is 208. The third-order valence-electron chi connectivity index (χ3n) is 2.58. The van der Waals surface area contributed by atoms with Gasteiger partial charge in [0.15, 0.2) is 0 Å². The van der Waals surface area contributed by atoms with Gasteiger partial charge in [-0.15, -0.1) is 0 Å². The summed E-state index contributed by atoms with van der Waals surface area (Å²) in [6.45, 7) is 4.60. The highest BCUT2D eigenvalue weighted by atomic mass is 31.2. The van der Waals surface area contributed by atoms with Crippen molar-refractivity contribution in [2.45, 2.75) is 65.2 Å². The fourth-order valence-electron chi connectivity index (χ4n) is 1.49. The molecule has 0 aliphatic carbocycles. The maximum atomic E-state index is 12.2. The topological polar surface area (TPSA) is 44.8 Å². The predicted octanol–water partition coefficient (Wildman–Crippen LogP) is 5.19. The van der Waals surface area contributed by atoms with Gasteiger partial charge in [0.1, 0.15) is 0 Å². The molecule has 0 spiro atoms. The summed E-state index contributed by atoms with van der Waals surface area (Å²) >= 11 is 0. The lowest BCUT2D eigenvalue weighted by molar-refractivity contribution is -0.0573. The summed E-state index contributed by atoms with van der Waals surface area (Å²) in [4.78, 5) is 0. The Labute approximate surface area is 110 Å². The van der Waals surface area contributed by atoms with Gasteiger partial charge in [-0.1, -0.05) is 57.1 Å². The molecular weight excluding hydrogens is 258 g/mol. The molecule has 6 heteroatoms. The SMILES string of the molecule is CCCCCCOP(=O)(OF)OCCCCCC. The Morgan fingerprint density at radius 2 is 1.28 bits per heavy atom. The molecule has 0 atom stereocenters. The van der Waals surface area contributed by atoms with Crippen LogP contribution in [0.1, 0.15) is 65.2 Å². The molecule has 0 fully saturated rings. The molecule has 0 bridgehead atoms. The van der Waals surface area contributed by atoms with Crippen molar-refractivity contribution in [2.24, 2.45) is 0 Å². The van der Waals surface area contributed by atoms with Crippen molar-refractivity contribution in [1.82, 2.24) is 0 Å². The van der Waals surface area contributed by atoms with Gasteiger partial charge < -0.3 is 0 Å². The van der Waals surface area contributed by atoms with Gasteiger partial charge in [-0.3, -0.25) is 9.05 Å². The molecule has 0 heterocycles. The summed E-state index contributed by atoms with van der Waals surface area (Å²) in [7, 11) is -3.96. The second-order valence-electron chi connectivity index (χ2n) is 4.30. The molecule has 18 heavy (non-hydrogen) atoms. The van der Waals surface area contributed by atoms with Crippen molar-refractivity contribution in [3.05, 3.63) is 0 Å². The van der Waals surface area contributed by atoms with Crippen molar-refractivity contribution < 1.29 is 22.9 Å². The quantitative estimate of drug-likeness (QED) is 0.345. The minimum Gasteiger partial charge on any atom is -0.285 e. The molecule has 0 unspecified atom stereocenters. The van der Waals surface area contributed by atoms with Gasteiger partial charge in [0.25, 0.3) is 0 Å². The van der Waals surface area contributed by atoms with E-state index in [9.17, 15) is 9.09 Å². The van der Waals surface area contributed by atoms with Crippen LogP contribution in [0.4, 0.5) is 4.53 Å². The molecule has 0 rings (SSSR count). The first-order chi connectivity index (χ1) is 8.68. The average Bonchev–Trinajstić information content (AvgIpc) is 2.38. The number of unbranched alkanes of at least 4 members (excludes halogenated alkanes) is 6. The highest BCUT2D eigenvalue weighted by Crippen LogP contribution is 2.50. The molecular formula is C12H26FO4P. The van der Waals surface area contributed by atoms with Crippen LogP contribution in [0, 0.1) is 0 Å². The maximum Gasteiger partial charge on any atom is 0.506 e. The second-order valence-corrected chi connectivity index (χ2v) is 5.85. The maximum absolute atomic E-state index is 12.2. The molecule has 0 aromatic rings. The molecule has 0 aromatic carbocycles. The second kappa shape index (κ2) is 12.1. The minimum absolute atomic E-state index is 0.205. The first kappa shape index (κ1) is 18.0. The molecule has 0 saturated carbocycles. The fraction of sp³-hybridized carbons (Fsp3) is 1.00. The number of rotatable bonds is 13. The predicted molar refractivity (Wildman–Crippen MR) is 70.0 cm³/mol. The first-order valence-electron chi connectivity index (χ1n) is 6.88. The number of hydrogen-bond donors (Lipinski definition) is 0. The van der Waals surface area contributed by atoms with Gasteiger partial charge in [-0.2, -0.15) is 0 Å². The highest BCUT2D eigenvalue weighted by Gasteiger charge is 2.27. The third kappa shape index (κ3) is 10.0. The van der Waals surface area contributed by atoms with Gasteiger partial charge in [0, 0.05) is 0 Å². The van der Waals surface area contributed by atoms with Crippen LogP contribution in [0.2, 0.25) is 0 Å². The van der Waals surface area contributed by atoms with E-state index in [1.807, 2.05) is 0 Å². The van der Waals surface area contributed by atoms with Crippen molar-refractivity contribution >= 4 is 7.82 Å². The number of phosphoric acid groups is 1. The van der Waals surface area contributed by atoms with Crippen LogP contribution in [-0.2, 0) is 18.3 Å². The molecule has 110 valence electrons. The lowest BCUT2D eigenvalue weighted by Crippen LogP contribution is -2.00. The van der Waals surface area contributed by atoms with Gasteiger partial charge in [-0.25, -0.2) is 4.57 Å². The van der Waals surface area contributed by atoms with E-state index in [2.05, 4.69) is 18.6 Å². The highest BCUT2D eigenvalue weighted by molar-refractivity contribution is 7.48. The van der Waals surface area contributed by atoms with Crippen molar-refractivity contribution in [3.8, 4) is 0 Å². The summed E-state index contributed by atoms with van der Waals surface area (Å²) in [5.41, 5.74) is 0. The Kier molecular flexibility index (Phi) is 12.1. The summed E-state index contributed by atoms with van der Waals surface area (Å²) in [5.74, 6) is 0. The van der Waals surface area contributed by atoms with E-state index in [4.69, 9.17) is 9.05 Å². The van der Waals surface area contributed by atoms with Crippen LogP contribution in [0.15, 0.2) is 0 Å². The largest absolute Gasteiger partial charge is 0.506 e. The number of hydrogen-bond acceptors (Lipinski definition) is 4. The molecule has 0 amide bonds. The van der Waals surface area contributed by atoms with E-state index in [-0.39, 0.29) is 13.2 Å². The standard InChI is InChI=1S/C12H26FO4P/c1-3-5-7-9-11-15-18(14,17-13)16-12-10-8-6-4-2/h3-12H2,1-2H3. The Balaban J connectivity index is 3.64. The number of halogens is 1. The summed E-state index contributed by atoms with van der Waals surface area (Å²) in [6, 6.07) is 0. The zero-order valence-corrected chi connectivity index (χ0v) is 12.4. The molecule has 0 radical (unpaired) electrons. The molecule has 0 aliphatic rings. The third-order valence-corrected chi connectivity index (χ3v) is 3.75. The lowest BCUT2D eigenvalue weighted by atomic mass is 10.2. The minimum atomic E-state index is -3.96. The van der Waals surface area contributed by atoms with Crippen molar-refractivity contribution in [2.75, 3.05) is 13.2 Å². The summed E-state index contributed by atoms with van der Waals surface area (Å²) < 4.78 is 36.9. The molecule has 0 saturated heterocycles. The Hall–Kier alpha value is 0.0400. The van der Waals surface area contributed by atoms with Crippen LogP contribution < -0.4 is 0 Å². The molecule has 0 N–H and O–H groups in total. The normalized spacial score (nSPS) is 11.9. The van der Waals surface area contributed by atoms with Crippen LogP contribution in [0.3, 0.4) is 0 Å². The zero-order valence-electron chi connectivity index (χ0n) is 11.5. The number of phosphoric ester groups is 1. The van der Waals surface area contributed by atoms with Crippen LogP contribution in [-0.4, -0.2) is 13.2 Å². The van der Waals surface area contributed by atoms with Crippen molar-refractivity contribution in [1.29, 1.82) is 0 Å². The lowest BCUT2D eigenvalue weighted by Gasteiger charge is -2.13. The van der Waals surface area contributed by atoms with E-state index in [0.29, 0.717) is 0 Å². The van der Waals surface area contributed by atoms with Gasteiger partial charge in [0.05, 0.1) is 13.2 Å². The van der Waals surface area contributed by atoms with E-state index < -0.39 is 7.82 Å². The van der Waals surface area contributed by atoms with Crippen LogP contribution >= 0.6 is 7.82 Å².